The van der Waals surface area contributed by atoms with Gasteiger partial charge in [0, 0.05) is 19.7 Å². The number of carbonyl (C=O) groups is 2. The molecule has 1 amide bonds. The van der Waals surface area contributed by atoms with Gasteiger partial charge in [0.05, 0.1) is 24.5 Å². The molecule has 27 heavy (non-hydrogen) atoms. The summed E-state index contributed by atoms with van der Waals surface area (Å²) in [6.07, 6.45) is 2.43. The lowest BCUT2D eigenvalue weighted by atomic mass is 10.1. The first-order chi connectivity index (χ1) is 13.0. The predicted molar refractivity (Wildman–Crippen MR) is 105 cm³/mol. The molecule has 0 spiro atoms. The highest BCUT2D eigenvalue weighted by Gasteiger charge is 2.23. The largest absolute Gasteiger partial charge is 0.497 e. The van der Waals surface area contributed by atoms with Crippen molar-refractivity contribution < 1.29 is 19.1 Å². The van der Waals surface area contributed by atoms with Crippen LogP contribution in [0.4, 0.5) is 0 Å². The Balaban J connectivity index is 1.70. The average molecular weight is 388 g/mol. The van der Waals surface area contributed by atoms with Gasteiger partial charge in [-0.3, -0.25) is 9.59 Å². The normalized spacial score (nSPS) is 16.3. The third-order valence-electron chi connectivity index (χ3n) is 4.69. The zero-order valence-electron chi connectivity index (χ0n) is 15.8. The minimum atomic E-state index is 0.0353. The monoisotopic (exact) mass is 387 g/mol. The van der Waals surface area contributed by atoms with E-state index in [4.69, 9.17) is 9.47 Å². The number of hydrogen-bond acceptors (Lipinski definition) is 5. The van der Waals surface area contributed by atoms with Crippen LogP contribution in [0, 0.1) is 0 Å². The Morgan fingerprint density at radius 2 is 2.04 bits per heavy atom. The number of thiophene rings is 1. The summed E-state index contributed by atoms with van der Waals surface area (Å²) >= 11 is 1.39. The molecule has 144 valence electrons. The smallest absolute Gasteiger partial charge is 0.227 e. The molecule has 3 rings (SSSR count). The van der Waals surface area contributed by atoms with Crippen molar-refractivity contribution in [2.45, 2.75) is 38.8 Å². The Kier molecular flexibility index (Phi) is 6.63. The topological polar surface area (TPSA) is 55.8 Å². The van der Waals surface area contributed by atoms with Crippen LogP contribution in [0.2, 0.25) is 0 Å². The fourth-order valence-electron chi connectivity index (χ4n) is 3.18. The predicted octanol–water partition coefficient (Wildman–Crippen LogP) is 3.71. The van der Waals surface area contributed by atoms with Gasteiger partial charge >= 0.3 is 0 Å². The van der Waals surface area contributed by atoms with Crippen molar-refractivity contribution in [2.75, 3.05) is 20.3 Å². The van der Waals surface area contributed by atoms with E-state index in [1.807, 2.05) is 40.6 Å². The first-order valence-electron chi connectivity index (χ1n) is 9.16. The first kappa shape index (κ1) is 19.6. The Labute approximate surface area is 163 Å². The number of ether oxygens (including phenoxy) is 2. The second-order valence-electron chi connectivity index (χ2n) is 6.81. The summed E-state index contributed by atoms with van der Waals surface area (Å²) in [6.45, 7) is 3.44. The van der Waals surface area contributed by atoms with Gasteiger partial charge in [0.25, 0.3) is 0 Å². The number of carbonyl (C=O) groups excluding carboxylic acids is 2. The van der Waals surface area contributed by atoms with Gasteiger partial charge in [-0.25, -0.2) is 0 Å². The molecular formula is C21H25NO4S. The molecule has 0 bridgehead atoms. The van der Waals surface area contributed by atoms with Crippen LogP contribution < -0.4 is 4.74 Å². The van der Waals surface area contributed by atoms with E-state index in [1.54, 1.807) is 14.0 Å². The van der Waals surface area contributed by atoms with Gasteiger partial charge in [-0.2, -0.15) is 0 Å². The maximum absolute atomic E-state index is 13.0. The Morgan fingerprint density at radius 3 is 2.63 bits per heavy atom. The minimum Gasteiger partial charge on any atom is -0.497 e. The Morgan fingerprint density at radius 1 is 1.26 bits per heavy atom. The number of rotatable bonds is 8. The van der Waals surface area contributed by atoms with Crippen molar-refractivity contribution in [1.82, 2.24) is 4.90 Å². The van der Waals surface area contributed by atoms with E-state index < -0.39 is 0 Å². The van der Waals surface area contributed by atoms with Crippen molar-refractivity contribution in [3.8, 4) is 5.75 Å². The standard InChI is InChI=1S/C21H25NO4S/c1-15(23)20-10-17(14-27-20)11-21(24)22(13-19-4-3-9-26-19)12-16-5-7-18(25-2)8-6-16/h5-8,10,14,19H,3-4,9,11-13H2,1-2H3/t19-/m0/s1. The van der Waals surface area contributed by atoms with Crippen LogP contribution in [0.3, 0.4) is 0 Å². The molecule has 0 aliphatic carbocycles. The van der Waals surface area contributed by atoms with Crippen LogP contribution in [0.5, 0.6) is 5.75 Å². The van der Waals surface area contributed by atoms with Crippen molar-refractivity contribution in [1.29, 1.82) is 0 Å². The molecule has 2 heterocycles. The molecule has 6 heteroatoms. The second-order valence-corrected chi connectivity index (χ2v) is 7.72. The molecule has 0 N–H and O–H groups in total. The second kappa shape index (κ2) is 9.15. The molecule has 0 radical (unpaired) electrons. The number of methoxy groups -OCH3 is 1. The molecule has 2 aromatic rings. The van der Waals surface area contributed by atoms with Gasteiger partial charge in [-0.15, -0.1) is 11.3 Å². The molecule has 1 aromatic heterocycles. The number of benzene rings is 1. The molecular weight excluding hydrogens is 362 g/mol. The third kappa shape index (κ3) is 5.40. The van der Waals surface area contributed by atoms with Gasteiger partial charge in [-0.1, -0.05) is 12.1 Å². The lowest BCUT2D eigenvalue weighted by Gasteiger charge is -2.25. The zero-order valence-corrected chi connectivity index (χ0v) is 16.6. The molecule has 1 aliphatic rings. The highest BCUT2D eigenvalue weighted by molar-refractivity contribution is 7.12. The first-order valence-corrected chi connectivity index (χ1v) is 10.0. The number of nitrogens with zero attached hydrogens (tertiary/aromatic N) is 1. The fourth-order valence-corrected chi connectivity index (χ4v) is 3.99. The summed E-state index contributed by atoms with van der Waals surface area (Å²) in [6, 6.07) is 9.59. The molecule has 1 aliphatic heterocycles. The quantitative estimate of drug-likeness (QED) is 0.648. The van der Waals surface area contributed by atoms with E-state index in [2.05, 4.69) is 0 Å². The lowest BCUT2D eigenvalue weighted by Crippen LogP contribution is -2.37. The maximum Gasteiger partial charge on any atom is 0.227 e. The maximum atomic E-state index is 13.0. The summed E-state index contributed by atoms with van der Waals surface area (Å²) in [5.74, 6) is 0.883. The van der Waals surface area contributed by atoms with Crippen LogP contribution in [-0.2, 0) is 22.5 Å². The molecule has 1 aromatic carbocycles. The molecule has 0 unspecified atom stereocenters. The summed E-state index contributed by atoms with van der Waals surface area (Å²) in [4.78, 5) is 27.0. The van der Waals surface area contributed by atoms with Crippen molar-refractivity contribution >= 4 is 23.0 Å². The lowest BCUT2D eigenvalue weighted by molar-refractivity contribution is -0.132. The molecule has 1 saturated heterocycles. The highest BCUT2D eigenvalue weighted by atomic mass is 32.1. The van der Waals surface area contributed by atoms with Gasteiger partial charge < -0.3 is 14.4 Å². The van der Waals surface area contributed by atoms with Gasteiger partial charge in [-0.05, 0) is 54.5 Å². The van der Waals surface area contributed by atoms with E-state index in [0.29, 0.717) is 24.4 Å². The Bertz CT molecular complexity index is 778. The number of amides is 1. The van der Waals surface area contributed by atoms with Gasteiger partial charge in [0.2, 0.25) is 5.91 Å². The number of hydrogen-bond donors (Lipinski definition) is 0. The SMILES string of the molecule is COc1ccc(CN(C[C@@H]2CCCO2)C(=O)Cc2csc(C(C)=O)c2)cc1. The minimum absolute atomic E-state index is 0.0353. The summed E-state index contributed by atoms with van der Waals surface area (Å²) in [5, 5.41) is 1.90. The van der Waals surface area contributed by atoms with E-state index in [1.165, 1.54) is 11.3 Å². The van der Waals surface area contributed by atoms with Crippen LogP contribution in [0.25, 0.3) is 0 Å². The van der Waals surface area contributed by atoms with Crippen molar-refractivity contribution in [3.63, 3.8) is 0 Å². The number of ketones is 1. The Hall–Kier alpha value is -2.18. The van der Waals surface area contributed by atoms with E-state index in [0.717, 1.165) is 36.3 Å². The van der Waals surface area contributed by atoms with Crippen molar-refractivity contribution in [3.05, 3.63) is 51.7 Å². The van der Waals surface area contributed by atoms with E-state index in [9.17, 15) is 9.59 Å². The summed E-state index contributed by atoms with van der Waals surface area (Å²) in [5.41, 5.74) is 1.94. The molecule has 1 fully saturated rings. The molecule has 5 nitrogen and oxygen atoms in total. The van der Waals surface area contributed by atoms with Gasteiger partial charge in [0.15, 0.2) is 5.78 Å². The fraction of sp³-hybridized carbons (Fsp3) is 0.429. The molecule has 1 atom stereocenters. The highest BCUT2D eigenvalue weighted by Crippen LogP contribution is 2.20. The summed E-state index contributed by atoms with van der Waals surface area (Å²) in [7, 11) is 1.64. The number of Topliss-reactive ketones (excluding diaryl/α,β-unsaturated/α-hetero) is 1. The van der Waals surface area contributed by atoms with Crippen molar-refractivity contribution in [2.24, 2.45) is 0 Å². The van der Waals surface area contributed by atoms with E-state index in [-0.39, 0.29) is 17.8 Å². The summed E-state index contributed by atoms with van der Waals surface area (Å²) < 4.78 is 10.9. The molecule has 0 saturated carbocycles. The zero-order chi connectivity index (χ0) is 19.2. The van der Waals surface area contributed by atoms with Crippen LogP contribution >= 0.6 is 11.3 Å². The third-order valence-corrected chi connectivity index (χ3v) is 5.77. The average Bonchev–Trinajstić information content (AvgIpc) is 3.34. The van der Waals surface area contributed by atoms with Gasteiger partial charge in [0.1, 0.15) is 5.75 Å². The van der Waals surface area contributed by atoms with Crippen LogP contribution in [0.1, 0.15) is 40.6 Å². The van der Waals surface area contributed by atoms with E-state index >= 15 is 0 Å². The van der Waals surface area contributed by atoms with Crippen LogP contribution in [-0.4, -0.2) is 43.0 Å². The van der Waals surface area contributed by atoms with Crippen LogP contribution in [0.15, 0.2) is 35.7 Å².